The number of nitrogens with one attached hydrogen (secondary N) is 1. The van der Waals surface area contributed by atoms with E-state index in [4.69, 9.17) is 4.74 Å². The van der Waals surface area contributed by atoms with Gasteiger partial charge < -0.3 is 15.2 Å². The summed E-state index contributed by atoms with van der Waals surface area (Å²) in [5.41, 5.74) is 0. The van der Waals surface area contributed by atoms with Crippen LogP contribution in [0.25, 0.3) is 0 Å². The van der Waals surface area contributed by atoms with Crippen molar-refractivity contribution in [2.75, 3.05) is 13.7 Å². The van der Waals surface area contributed by atoms with E-state index in [-0.39, 0.29) is 12.1 Å². The van der Waals surface area contributed by atoms with Gasteiger partial charge in [0.25, 0.3) is 0 Å². The molecule has 0 radical (unpaired) electrons. The molecule has 0 aliphatic rings. The molecule has 0 saturated heterocycles. The predicted octanol–water partition coefficient (Wildman–Crippen LogP) is 5.84. The third-order valence-electron chi connectivity index (χ3n) is 4.96. The molecular weight excluding hydrogens is 310 g/mol. The maximum absolute atomic E-state index is 10.3. The highest BCUT2D eigenvalue weighted by Gasteiger charge is 2.19. The Balaban J connectivity index is 3.41. The van der Waals surface area contributed by atoms with E-state index < -0.39 is 0 Å². The molecule has 152 valence electrons. The third-order valence-corrected chi connectivity index (χ3v) is 4.96. The molecule has 2 atom stereocenters. The third kappa shape index (κ3) is 17.1. The van der Waals surface area contributed by atoms with Crippen LogP contribution in [0.3, 0.4) is 0 Å². The van der Waals surface area contributed by atoms with E-state index >= 15 is 0 Å². The van der Waals surface area contributed by atoms with Gasteiger partial charge in [-0.05, 0) is 6.42 Å². The first-order valence-corrected chi connectivity index (χ1v) is 11.0. The summed E-state index contributed by atoms with van der Waals surface area (Å²) in [5, 5.41) is 13.7. The summed E-state index contributed by atoms with van der Waals surface area (Å²) in [7, 11) is 1.70. The first-order chi connectivity index (χ1) is 12.1. The summed E-state index contributed by atoms with van der Waals surface area (Å²) in [6.07, 6.45) is 18.3. The molecule has 25 heavy (non-hydrogen) atoms. The van der Waals surface area contributed by atoms with Gasteiger partial charge in [-0.3, -0.25) is 0 Å². The monoisotopic (exact) mass is 357 g/mol. The van der Waals surface area contributed by atoms with Crippen LogP contribution in [0.4, 0.5) is 0 Å². The van der Waals surface area contributed by atoms with E-state index in [1.807, 2.05) is 0 Å². The van der Waals surface area contributed by atoms with Gasteiger partial charge in [0.05, 0.1) is 18.8 Å². The Morgan fingerprint density at radius 3 is 1.60 bits per heavy atom. The lowest BCUT2D eigenvalue weighted by atomic mass is 10.0. The smallest absolute Gasteiger partial charge is 0.0715 e. The molecule has 0 spiro atoms. The molecule has 0 fully saturated rings. The minimum Gasteiger partial charge on any atom is -0.391 e. The lowest BCUT2D eigenvalue weighted by Crippen LogP contribution is -2.46. The van der Waals surface area contributed by atoms with Crippen LogP contribution in [0.2, 0.25) is 0 Å². The van der Waals surface area contributed by atoms with Gasteiger partial charge in [0.15, 0.2) is 0 Å². The van der Waals surface area contributed by atoms with E-state index in [0.29, 0.717) is 12.6 Å². The molecule has 0 rings (SSSR count). The molecule has 0 unspecified atom stereocenters. The Labute approximate surface area is 158 Å². The van der Waals surface area contributed by atoms with Crippen molar-refractivity contribution in [2.45, 2.75) is 129 Å². The number of aliphatic hydroxyl groups is 1. The van der Waals surface area contributed by atoms with Crippen molar-refractivity contribution in [3.05, 3.63) is 0 Å². The summed E-state index contributed by atoms with van der Waals surface area (Å²) in [5.74, 6) is 0. The van der Waals surface area contributed by atoms with E-state index in [1.54, 1.807) is 7.11 Å². The van der Waals surface area contributed by atoms with E-state index in [0.717, 1.165) is 12.8 Å². The van der Waals surface area contributed by atoms with Crippen molar-refractivity contribution in [2.24, 2.45) is 0 Å². The summed E-state index contributed by atoms with van der Waals surface area (Å²) in [6.45, 7) is 7.08. The van der Waals surface area contributed by atoms with Crippen molar-refractivity contribution in [1.82, 2.24) is 5.32 Å². The standard InChI is InChI=1S/C22H47NO2/c1-5-6-7-8-9-10-11-12-13-14-15-16-17-18-22(24)21(19-25-4)23-20(2)3/h20-24H,5-19H2,1-4H3/t21-,22+/m0/s1. The Bertz CT molecular complexity index is 258. The number of hydrogen-bond donors (Lipinski definition) is 2. The van der Waals surface area contributed by atoms with Gasteiger partial charge in [-0.25, -0.2) is 0 Å². The van der Waals surface area contributed by atoms with E-state index in [2.05, 4.69) is 26.1 Å². The average Bonchev–Trinajstić information content (AvgIpc) is 2.58. The molecular formula is C22H47NO2. The van der Waals surface area contributed by atoms with Gasteiger partial charge in [0, 0.05) is 13.2 Å². The van der Waals surface area contributed by atoms with Crippen LogP contribution in [-0.2, 0) is 4.74 Å². The number of ether oxygens (including phenoxy) is 1. The predicted molar refractivity (Wildman–Crippen MR) is 110 cm³/mol. The topological polar surface area (TPSA) is 41.5 Å². The number of unbranched alkanes of at least 4 members (excludes halogenated alkanes) is 12. The average molecular weight is 358 g/mol. The summed E-state index contributed by atoms with van der Waals surface area (Å²) in [4.78, 5) is 0. The van der Waals surface area contributed by atoms with Crippen molar-refractivity contribution in [1.29, 1.82) is 0 Å². The highest BCUT2D eigenvalue weighted by molar-refractivity contribution is 4.77. The number of rotatable bonds is 19. The van der Waals surface area contributed by atoms with E-state index in [9.17, 15) is 5.11 Å². The number of hydrogen-bond acceptors (Lipinski definition) is 3. The zero-order valence-electron chi connectivity index (χ0n) is 17.7. The van der Waals surface area contributed by atoms with Crippen molar-refractivity contribution in [3.63, 3.8) is 0 Å². The number of aliphatic hydroxyl groups excluding tert-OH is 1. The molecule has 0 aliphatic carbocycles. The van der Waals surface area contributed by atoms with Gasteiger partial charge in [-0.2, -0.15) is 0 Å². The quantitative estimate of drug-likeness (QED) is 0.285. The molecule has 2 N–H and O–H groups in total. The summed E-state index contributed by atoms with van der Waals surface area (Å²) < 4.78 is 5.22. The van der Waals surface area contributed by atoms with Crippen molar-refractivity contribution in [3.8, 4) is 0 Å². The van der Waals surface area contributed by atoms with Crippen LogP contribution in [0.1, 0.15) is 111 Å². The molecule has 0 saturated carbocycles. The molecule has 3 heteroatoms. The zero-order valence-corrected chi connectivity index (χ0v) is 17.7. The van der Waals surface area contributed by atoms with Crippen molar-refractivity contribution < 1.29 is 9.84 Å². The van der Waals surface area contributed by atoms with Gasteiger partial charge >= 0.3 is 0 Å². The second kappa shape index (κ2) is 18.7. The van der Waals surface area contributed by atoms with Gasteiger partial charge in [0.2, 0.25) is 0 Å². The van der Waals surface area contributed by atoms with Crippen LogP contribution in [0.15, 0.2) is 0 Å². The largest absolute Gasteiger partial charge is 0.391 e. The zero-order chi connectivity index (χ0) is 18.8. The van der Waals surface area contributed by atoms with Crippen LogP contribution >= 0.6 is 0 Å². The van der Waals surface area contributed by atoms with Crippen LogP contribution < -0.4 is 5.32 Å². The SMILES string of the molecule is CCCCCCCCCCCCCCC[C@@H](O)[C@H](COC)NC(C)C. The fourth-order valence-electron chi connectivity index (χ4n) is 3.45. The summed E-state index contributed by atoms with van der Waals surface area (Å²) in [6, 6.07) is 0.434. The van der Waals surface area contributed by atoms with Crippen LogP contribution in [0, 0.1) is 0 Å². The minimum atomic E-state index is -0.296. The van der Waals surface area contributed by atoms with Crippen LogP contribution in [0.5, 0.6) is 0 Å². The van der Waals surface area contributed by atoms with Gasteiger partial charge in [-0.1, -0.05) is 104 Å². The molecule has 0 amide bonds. The fourth-order valence-corrected chi connectivity index (χ4v) is 3.45. The second-order valence-electron chi connectivity index (χ2n) is 7.98. The number of methoxy groups -OCH3 is 1. The maximum Gasteiger partial charge on any atom is 0.0715 e. The normalized spacial score (nSPS) is 14.2. The lowest BCUT2D eigenvalue weighted by Gasteiger charge is -2.25. The Kier molecular flexibility index (Phi) is 18.6. The Morgan fingerprint density at radius 2 is 1.20 bits per heavy atom. The molecule has 0 aliphatic heterocycles. The fraction of sp³-hybridized carbons (Fsp3) is 1.00. The second-order valence-corrected chi connectivity index (χ2v) is 7.98. The lowest BCUT2D eigenvalue weighted by molar-refractivity contribution is 0.0595. The Morgan fingerprint density at radius 1 is 0.760 bits per heavy atom. The first-order valence-electron chi connectivity index (χ1n) is 11.0. The highest BCUT2D eigenvalue weighted by atomic mass is 16.5. The van der Waals surface area contributed by atoms with Crippen molar-refractivity contribution >= 4 is 0 Å². The van der Waals surface area contributed by atoms with Crippen LogP contribution in [-0.4, -0.2) is 37.0 Å². The van der Waals surface area contributed by atoms with E-state index in [1.165, 1.54) is 77.0 Å². The molecule has 0 aromatic rings. The maximum atomic E-state index is 10.3. The van der Waals surface area contributed by atoms with Gasteiger partial charge in [0.1, 0.15) is 0 Å². The van der Waals surface area contributed by atoms with Gasteiger partial charge in [-0.15, -0.1) is 0 Å². The molecule has 0 bridgehead atoms. The molecule has 0 aromatic carbocycles. The highest BCUT2D eigenvalue weighted by Crippen LogP contribution is 2.14. The first kappa shape index (κ1) is 24.9. The minimum absolute atomic E-state index is 0.0577. The summed E-state index contributed by atoms with van der Waals surface area (Å²) >= 11 is 0. The molecule has 0 aromatic heterocycles. The Hall–Kier alpha value is -0.120. The molecule has 3 nitrogen and oxygen atoms in total. The molecule has 0 heterocycles.